The van der Waals surface area contributed by atoms with Crippen molar-refractivity contribution in [3.05, 3.63) is 77.9 Å². The highest BCUT2D eigenvalue weighted by Crippen LogP contribution is 2.52. The Balaban J connectivity index is 1.48. The number of piperidine rings is 1. The van der Waals surface area contributed by atoms with E-state index in [1.807, 2.05) is 79.7 Å². The first kappa shape index (κ1) is 24.5. The van der Waals surface area contributed by atoms with E-state index in [9.17, 15) is 14.7 Å². The molecule has 1 aliphatic carbocycles. The second-order valence-corrected chi connectivity index (χ2v) is 10.6. The number of aliphatic hydroxyl groups is 1. The largest absolute Gasteiger partial charge is 0.427 e. The van der Waals surface area contributed by atoms with Gasteiger partial charge in [0.2, 0.25) is 0 Å². The number of rotatable bonds is 4. The highest BCUT2D eigenvalue weighted by atomic mass is 16.5. The molecule has 1 saturated carbocycles. The van der Waals surface area contributed by atoms with E-state index in [2.05, 4.69) is 4.90 Å². The summed E-state index contributed by atoms with van der Waals surface area (Å²) >= 11 is 0. The summed E-state index contributed by atoms with van der Waals surface area (Å²) in [6, 6.07) is 21.4. The molecule has 3 atom stereocenters. The SMILES string of the molecule is CC(=O)Oc1cccc([C@@]23CCN(C)C[C@@]2(O)CC[C@H](N(C)C(=O)c2ccc4ccccc4c2)C3)c1. The Bertz CT molecular complexity index is 1310. The Labute approximate surface area is 212 Å². The minimum Gasteiger partial charge on any atom is -0.427 e. The van der Waals surface area contributed by atoms with Crippen LogP contribution in [0.5, 0.6) is 5.75 Å². The van der Waals surface area contributed by atoms with Gasteiger partial charge in [0.05, 0.1) is 5.60 Å². The van der Waals surface area contributed by atoms with Gasteiger partial charge in [0.25, 0.3) is 5.91 Å². The molecule has 0 unspecified atom stereocenters. The van der Waals surface area contributed by atoms with Crippen molar-refractivity contribution in [1.29, 1.82) is 0 Å². The Hall–Kier alpha value is -3.22. The van der Waals surface area contributed by atoms with Crippen molar-refractivity contribution in [2.45, 2.75) is 49.7 Å². The van der Waals surface area contributed by atoms with Crippen LogP contribution < -0.4 is 4.74 Å². The molecule has 1 N–H and O–H groups in total. The minimum atomic E-state index is -0.932. The van der Waals surface area contributed by atoms with Crippen LogP contribution >= 0.6 is 0 Å². The van der Waals surface area contributed by atoms with Gasteiger partial charge in [-0.15, -0.1) is 0 Å². The standard InChI is InChI=1S/C30H34N2O4/c1-21(33)36-27-10-6-9-25(18-27)29-15-16-31(2)20-30(29,35)14-13-26(19-29)32(3)28(34)24-12-11-22-7-4-5-8-23(22)17-24/h4-12,17-18,26,35H,13-16,19-20H2,1-3H3/t26-,29-,30-/m0/s1. The first-order valence-electron chi connectivity index (χ1n) is 12.7. The fourth-order valence-electron chi connectivity index (χ4n) is 6.39. The van der Waals surface area contributed by atoms with Gasteiger partial charge in [-0.05, 0) is 79.9 Å². The zero-order valence-corrected chi connectivity index (χ0v) is 21.2. The first-order valence-corrected chi connectivity index (χ1v) is 12.7. The first-order chi connectivity index (χ1) is 17.2. The number of hydrogen-bond acceptors (Lipinski definition) is 5. The Morgan fingerprint density at radius 2 is 1.81 bits per heavy atom. The quantitative estimate of drug-likeness (QED) is 0.437. The van der Waals surface area contributed by atoms with Crippen LogP contribution in [0.25, 0.3) is 10.8 Å². The summed E-state index contributed by atoms with van der Waals surface area (Å²) in [7, 11) is 3.92. The summed E-state index contributed by atoms with van der Waals surface area (Å²) in [5.74, 6) is 0.108. The molecule has 188 valence electrons. The summed E-state index contributed by atoms with van der Waals surface area (Å²) in [4.78, 5) is 29.2. The van der Waals surface area contributed by atoms with Gasteiger partial charge in [-0.2, -0.15) is 0 Å². The van der Waals surface area contributed by atoms with Crippen molar-refractivity contribution in [2.75, 3.05) is 27.2 Å². The fraction of sp³-hybridized carbons (Fsp3) is 0.400. The molecule has 6 heteroatoms. The molecule has 1 aliphatic heterocycles. The van der Waals surface area contributed by atoms with E-state index in [1.165, 1.54) is 6.92 Å². The van der Waals surface area contributed by atoms with Gasteiger partial charge in [0.15, 0.2) is 0 Å². The zero-order chi connectivity index (χ0) is 25.5. The summed E-state index contributed by atoms with van der Waals surface area (Å²) in [5, 5.41) is 14.2. The number of likely N-dealkylation sites (N-methyl/N-ethyl adjacent to an activating group) is 1. The van der Waals surface area contributed by atoms with E-state index < -0.39 is 11.0 Å². The Morgan fingerprint density at radius 3 is 2.58 bits per heavy atom. The topological polar surface area (TPSA) is 70.1 Å². The van der Waals surface area contributed by atoms with Crippen molar-refractivity contribution in [1.82, 2.24) is 9.80 Å². The third-order valence-electron chi connectivity index (χ3n) is 8.33. The second-order valence-electron chi connectivity index (χ2n) is 10.6. The maximum atomic E-state index is 13.6. The molecule has 3 aromatic carbocycles. The molecule has 2 fully saturated rings. The Kier molecular flexibility index (Phi) is 6.35. The summed E-state index contributed by atoms with van der Waals surface area (Å²) in [6.07, 6.45) is 2.73. The van der Waals surface area contributed by atoms with Crippen molar-refractivity contribution < 1.29 is 19.4 Å². The number of nitrogens with zero attached hydrogens (tertiary/aromatic N) is 2. The molecule has 1 saturated heterocycles. The van der Waals surface area contributed by atoms with Gasteiger partial charge in [0.1, 0.15) is 5.75 Å². The van der Waals surface area contributed by atoms with Crippen LogP contribution in [0.1, 0.15) is 48.5 Å². The average Bonchev–Trinajstić information content (AvgIpc) is 2.86. The lowest BCUT2D eigenvalue weighted by Gasteiger charge is -2.58. The number of fused-ring (bicyclic) bond motifs is 2. The molecule has 0 radical (unpaired) electrons. The van der Waals surface area contributed by atoms with Crippen molar-refractivity contribution >= 4 is 22.6 Å². The molecular formula is C30H34N2O4. The van der Waals surface area contributed by atoms with Crippen LogP contribution in [0, 0.1) is 0 Å². The third kappa shape index (κ3) is 4.29. The molecule has 5 rings (SSSR count). The summed E-state index contributed by atoms with van der Waals surface area (Å²) in [5.41, 5.74) is 0.161. The summed E-state index contributed by atoms with van der Waals surface area (Å²) < 4.78 is 5.39. The van der Waals surface area contributed by atoms with Crippen molar-refractivity contribution in [3.63, 3.8) is 0 Å². The van der Waals surface area contributed by atoms with Gasteiger partial charge < -0.3 is 19.6 Å². The molecule has 2 aliphatic rings. The Morgan fingerprint density at radius 1 is 1.03 bits per heavy atom. The molecular weight excluding hydrogens is 452 g/mol. The highest BCUT2D eigenvalue weighted by molar-refractivity contribution is 5.98. The van der Waals surface area contributed by atoms with E-state index >= 15 is 0 Å². The van der Waals surface area contributed by atoms with Crippen molar-refractivity contribution in [3.8, 4) is 5.75 Å². The maximum absolute atomic E-state index is 13.6. The van der Waals surface area contributed by atoms with Crippen LogP contribution in [0.2, 0.25) is 0 Å². The highest BCUT2D eigenvalue weighted by Gasteiger charge is 2.57. The van der Waals surface area contributed by atoms with E-state index in [0.717, 1.165) is 35.7 Å². The van der Waals surface area contributed by atoms with E-state index in [4.69, 9.17) is 4.74 Å². The summed E-state index contributed by atoms with van der Waals surface area (Å²) in [6.45, 7) is 2.80. The number of benzene rings is 3. The molecule has 0 bridgehead atoms. The van der Waals surface area contributed by atoms with E-state index in [-0.39, 0.29) is 17.9 Å². The van der Waals surface area contributed by atoms with Gasteiger partial charge in [-0.1, -0.05) is 42.5 Å². The van der Waals surface area contributed by atoms with E-state index in [0.29, 0.717) is 30.7 Å². The number of ether oxygens (including phenoxy) is 1. The molecule has 1 heterocycles. The monoisotopic (exact) mass is 486 g/mol. The zero-order valence-electron chi connectivity index (χ0n) is 21.2. The van der Waals surface area contributed by atoms with Gasteiger partial charge in [-0.25, -0.2) is 0 Å². The smallest absolute Gasteiger partial charge is 0.308 e. The molecule has 1 amide bonds. The van der Waals surface area contributed by atoms with Crippen molar-refractivity contribution in [2.24, 2.45) is 0 Å². The fourth-order valence-corrected chi connectivity index (χ4v) is 6.39. The molecule has 0 spiro atoms. The number of esters is 1. The van der Waals surface area contributed by atoms with Gasteiger partial charge in [0, 0.05) is 37.5 Å². The molecule has 3 aromatic rings. The van der Waals surface area contributed by atoms with Gasteiger partial charge >= 0.3 is 5.97 Å². The number of carbonyl (C=O) groups is 2. The number of likely N-dealkylation sites (tertiary alicyclic amines) is 1. The van der Waals surface area contributed by atoms with Crippen LogP contribution in [-0.2, 0) is 10.2 Å². The molecule has 0 aromatic heterocycles. The lowest BCUT2D eigenvalue weighted by Crippen LogP contribution is -2.66. The van der Waals surface area contributed by atoms with E-state index in [1.54, 1.807) is 6.07 Å². The number of amides is 1. The number of carbonyl (C=O) groups excluding carboxylic acids is 2. The lowest BCUT2D eigenvalue weighted by molar-refractivity contribution is -0.132. The normalized spacial score (nSPS) is 26.3. The minimum absolute atomic E-state index is 0.00654. The average molecular weight is 487 g/mol. The van der Waals surface area contributed by atoms with Crippen LogP contribution in [0.4, 0.5) is 0 Å². The van der Waals surface area contributed by atoms with Crippen LogP contribution in [-0.4, -0.2) is 65.6 Å². The third-order valence-corrected chi connectivity index (χ3v) is 8.33. The number of β-amino-alcohol motifs (C(OH)–C–C–N with tert-alkyl or cyclic N) is 1. The lowest BCUT2D eigenvalue weighted by atomic mass is 9.55. The van der Waals surface area contributed by atoms with Gasteiger partial charge in [-0.3, -0.25) is 9.59 Å². The predicted octanol–water partition coefficient (Wildman–Crippen LogP) is 4.39. The number of hydrogen-bond donors (Lipinski definition) is 1. The second kappa shape index (κ2) is 9.34. The maximum Gasteiger partial charge on any atom is 0.308 e. The van der Waals surface area contributed by atoms with Crippen LogP contribution in [0.3, 0.4) is 0 Å². The predicted molar refractivity (Wildman–Crippen MR) is 140 cm³/mol. The van der Waals surface area contributed by atoms with Crippen LogP contribution in [0.15, 0.2) is 66.7 Å². The molecule has 6 nitrogen and oxygen atoms in total. The molecule has 36 heavy (non-hydrogen) atoms.